The highest BCUT2D eigenvalue weighted by molar-refractivity contribution is 7.89. The van der Waals surface area contributed by atoms with Crippen LogP contribution in [0, 0.1) is 6.92 Å². The van der Waals surface area contributed by atoms with Crippen molar-refractivity contribution in [1.82, 2.24) is 14.5 Å². The highest BCUT2D eigenvalue weighted by Crippen LogP contribution is 2.23. The molecule has 2 aromatic carbocycles. The SMILES string of the molecule is Cc1ccc(S(=O)(=O)N2CCCCC2)cc1C(=O)NCc1ccc(C(=O)N2CCCCC2)cc1. The van der Waals surface area contributed by atoms with Crippen LogP contribution >= 0.6 is 0 Å². The standard InChI is InChI=1S/C26H33N3O4S/c1-20-8-13-23(34(32,33)29-16-6-3-7-17-29)18-24(20)25(30)27-19-21-9-11-22(12-10-21)26(31)28-14-4-2-5-15-28/h8-13,18H,2-7,14-17,19H2,1H3,(H,27,30). The van der Waals surface area contributed by atoms with Crippen molar-refractivity contribution in [2.45, 2.75) is 56.9 Å². The average molecular weight is 484 g/mol. The van der Waals surface area contributed by atoms with Gasteiger partial charge in [-0.3, -0.25) is 9.59 Å². The van der Waals surface area contributed by atoms with Crippen molar-refractivity contribution in [3.63, 3.8) is 0 Å². The summed E-state index contributed by atoms with van der Waals surface area (Å²) in [6.07, 6.45) is 6.04. The second-order valence-electron chi connectivity index (χ2n) is 9.17. The smallest absolute Gasteiger partial charge is 0.253 e. The molecule has 0 bridgehead atoms. The number of carbonyl (C=O) groups is 2. The zero-order valence-corrected chi connectivity index (χ0v) is 20.6. The molecule has 2 aliphatic heterocycles. The molecule has 8 heteroatoms. The number of rotatable bonds is 6. The highest BCUT2D eigenvalue weighted by Gasteiger charge is 2.27. The number of sulfonamides is 1. The summed E-state index contributed by atoms with van der Waals surface area (Å²) in [5, 5.41) is 2.88. The van der Waals surface area contributed by atoms with Crippen LogP contribution in [0.25, 0.3) is 0 Å². The molecule has 34 heavy (non-hydrogen) atoms. The van der Waals surface area contributed by atoms with Crippen LogP contribution in [0.4, 0.5) is 0 Å². The summed E-state index contributed by atoms with van der Waals surface area (Å²) < 4.78 is 27.5. The van der Waals surface area contributed by atoms with Gasteiger partial charge in [-0.2, -0.15) is 4.31 Å². The second kappa shape index (κ2) is 10.7. The highest BCUT2D eigenvalue weighted by atomic mass is 32.2. The molecule has 182 valence electrons. The molecule has 2 saturated heterocycles. The number of carbonyl (C=O) groups excluding carboxylic acids is 2. The van der Waals surface area contributed by atoms with Crippen molar-refractivity contribution in [3.05, 3.63) is 64.7 Å². The van der Waals surface area contributed by atoms with Gasteiger partial charge in [0.25, 0.3) is 11.8 Å². The Morgan fingerprint density at radius 1 is 0.853 bits per heavy atom. The molecule has 0 saturated carbocycles. The Morgan fingerprint density at radius 3 is 2.12 bits per heavy atom. The fourth-order valence-electron chi connectivity index (χ4n) is 4.58. The first-order valence-corrected chi connectivity index (χ1v) is 13.6. The van der Waals surface area contributed by atoms with Gasteiger partial charge in [0.2, 0.25) is 10.0 Å². The first-order chi connectivity index (χ1) is 16.4. The van der Waals surface area contributed by atoms with Crippen LogP contribution in [0.3, 0.4) is 0 Å². The normalized spacial score (nSPS) is 17.4. The van der Waals surface area contributed by atoms with Gasteiger partial charge in [0.05, 0.1) is 4.90 Å². The van der Waals surface area contributed by atoms with Gasteiger partial charge in [0.15, 0.2) is 0 Å². The predicted molar refractivity (Wildman–Crippen MR) is 131 cm³/mol. The van der Waals surface area contributed by atoms with E-state index in [1.807, 2.05) is 17.0 Å². The molecule has 2 amide bonds. The lowest BCUT2D eigenvalue weighted by atomic mass is 10.1. The van der Waals surface area contributed by atoms with E-state index < -0.39 is 10.0 Å². The first kappa shape index (κ1) is 24.4. The summed E-state index contributed by atoms with van der Waals surface area (Å²) in [4.78, 5) is 27.6. The topological polar surface area (TPSA) is 86.8 Å². The molecule has 2 aliphatic rings. The van der Waals surface area contributed by atoms with Gasteiger partial charge in [-0.25, -0.2) is 8.42 Å². The lowest BCUT2D eigenvalue weighted by Gasteiger charge is -2.26. The zero-order valence-electron chi connectivity index (χ0n) is 19.8. The van der Waals surface area contributed by atoms with E-state index in [2.05, 4.69) is 5.32 Å². The number of piperidine rings is 2. The van der Waals surface area contributed by atoms with Gasteiger partial charge in [-0.05, 0) is 74.4 Å². The van der Waals surface area contributed by atoms with Crippen molar-refractivity contribution in [2.24, 2.45) is 0 Å². The maximum absolute atomic E-state index is 13.0. The third-order valence-corrected chi connectivity index (χ3v) is 8.60. The van der Waals surface area contributed by atoms with E-state index >= 15 is 0 Å². The van der Waals surface area contributed by atoms with E-state index in [-0.39, 0.29) is 16.7 Å². The Morgan fingerprint density at radius 2 is 1.47 bits per heavy atom. The number of hydrogen-bond donors (Lipinski definition) is 1. The second-order valence-corrected chi connectivity index (χ2v) is 11.1. The van der Waals surface area contributed by atoms with Crippen LogP contribution in [-0.4, -0.2) is 55.6 Å². The fraction of sp³-hybridized carbons (Fsp3) is 0.462. The van der Waals surface area contributed by atoms with E-state index in [0.29, 0.717) is 30.8 Å². The maximum Gasteiger partial charge on any atom is 0.253 e. The molecule has 2 heterocycles. The number of likely N-dealkylation sites (tertiary alicyclic amines) is 1. The first-order valence-electron chi connectivity index (χ1n) is 12.1. The fourth-order valence-corrected chi connectivity index (χ4v) is 6.13. The molecule has 2 fully saturated rings. The van der Waals surface area contributed by atoms with Crippen LogP contribution in [0.1, 0.15) is 70.4 Å². The zero-order chi connectivity index (χ0) is 24.1. The van der Waals surface area contributed by atoms with Crippen molar-refractivity contribution in [2.75, 3.05) is 26.2 Å². The predicted octanol–water partition coefficient (Wildman–Crippen LogP) is 3.73. The summed E-state index contributed by atoms with van der Waals surface area (Å²) >= 11 is 0. The number of nitrogens with one attached hydrogen (secondary N) is 1. The van der Waals surface area contributed by atoms with Crippen molar-refractivity contribution in [1.29, 1.82) is 0 Å². The van der Waals surface area contributed by atoms with Gasteiger partial charge in [-0.15, -0.1) is 0 Å². The molecular weight excluding hydrogens is 450 g/mol. The largest absolute Gasteiger partial charge is 0.348 e. The van der Waals surface area contributed by atoms with E-state index in [4.69, 9.17) is 0 Å². The van der Waals surface area contributed by atoms with Crippen LogP contribution in [-0.2, 0) is 16.6 Å². The Labute approximate surface area is 202 Å². The van der Waals surface area contributed by atoms with Crippen LogP contribution in [0.2, 0.25) is 0 Å². The molecule has 0 unspecified atom stereocenters. The minimum absolute atomic E-state index is 0.0534. The lowest BCUT2D eigenvalue weighted by molar-refractivity contribution is 0.0724. The molecule has 1 N–H and O–H groups in total. The van der Waals surface area contributed by atoms with E-state index in [1.165, 1.54) is 16.8 Å². The number of benzene rings is 2. The van der Waals surface area contributed by atoms with E-state index in [0.717, 1.165) is 56.3 Å². The summed E-state index contributed by atoms with van der Waals surface area (Å²) in [6, 6.07) is 12.0. The van der Waals surface area contributed by atoms with Crippen molar-refractivity contribution in [3.8, 4) is 0 Å². The van der Waals surface area contributed by atoms with Crippen molar-refractivity contribution >= 4 is 21.8 Å². The summed E-state index contributed by atoms with van der Waals surface area (Å²) in [5.41, 5.74) is 2.61. The van der Waals surface area contributed by atoms with Gasteiger partial charge in [-0.1, -0.05) is 24.6 Å². The summed E-state index contributed by atoms with van der Waals surface area (Å²) in [7, 11) is -3.61. The van der Waals surface area contributed by atoms with Gasteiger partial charge >= 0.3 is 0 Å². The molecule has 0 aromatic heterocycles. The van der Waals surface area contributed by atoms with Crippen LogP contribution in [0.15, 0.2) is 47.4 Å². The summed E-state index contributed by atoms with van der Waals surface area (Å²) in [5.74, 6) is -0.265. The Kier molecular flexibility index (Phi) is 7.68. The number of amides is 2. The third-order valence-electron chi connectivity index (χ3n) is 6.70. The number of nitrogens with zero attached hydrogens (tertiary/aromatic N) is 2. The minimum Gasteiger partial charge on any atom is -0.348 e. The molecule has 2 aromatic rings. The number of aryl methyl sites for hydroxylation is 1. The van der Waals surface area contributed by atoms with Crippen LogP contribution < -0.4 is 5.32 Å². The molecule has 0 aliphatic carbocycles. The molecule has 4 rings (SSSR count). The van der Waals surface area contributed by atoms with Gasteiger partial charge in [0.1, 0.15) is 0 Å². The van der Waals surface area contributed by atoms with E-state index in [9.17, 15) is 18.0 Å². The Bertz CT molecular complexity index is 1130. The maximum atomic E-state index is 13.0. The molecule has 0 atom stereocenters. The molecule has 0 spiro atoms. The average Bonchev–Trinajstić information content (AvgIpc) is 2.88. The van der Waals surface area contributed by atoms with Crippen LogP contribution in [0.5, 0.6) is 0 Å². The van der Waals surface area contributed by atoms with E-state index in [1.54, 1.807) is 31.2 Å². The monoisotopic (exact) mass is 483 g/mol. The number of hydrogen-bond acceptors (Lipinski definition) is 4. The molecule has 7 nitrogen and oxygen atoms in total. The third kappa shape index (κ3) is 5.50. The summed E-state index contributed by atoms with van der Waals surface area (Å²) in [6.45, 7) is 4.75. The molecule has 0 radical (unpaired) electrons. The van der Waals surface area contributed by atoms with Crippen molar-refractivity contribution < 1.29 is 18.0 Å². The van der Waals surface area contributed by atoms with Gasteiger partial charge < -0.3 is 10.2 Å². The Hall–Kier alpha value is -2.71. The molecular formula is C26H33N3O4S. The quantitative estimate of drug-likeness (QED) is 0.678. The lowest BCUT2D eigenvalue weighted by Crippen LogP contribution is -2.35. The Balaban J connectivity index is 1.41. The van der Waals surface area contributed by atoms with Gasteiger partial charge in [0, 0.05) is 43.9 Å². The minimum atomic E-state index is -3.61.